The average molecular weight is 281 g/mol. The van der Waals surface area contributed by atoms with E-state index < -0.39 is 11.4 Å². The van der Waals surface area contributed by atoms with E-state index in [4.69, 9.17) is 5.73 Å². The van der Waals surface area contributed by atoms with Gasteiger partial charge in [-0.3, -0.25) is 9.69 Å². The van der Waals surface area contributed by atoms with Crippen LogP contribution in [0, 0.1) is 5.82 Å². The topological polar surface area (TPSA) is 78.6 Å². The molecule has 0 radical (unpaired) electrons. The lowest BCUT2D eigenvalue weighted by molar-refractivity contribution is -0.116. The fourth-order valence-corrected chi connectivity index (χ4v) is 2.33. The minimum atomic E-state index is -0.651. The van der Waals surface area contributed by atoms with Gasteiger partial charge in [-0.15, -0.1) is 0 Å². The van der Waals surface area contributed by atoms with Gasteiger partial charge in [-0.2, -0.15) is 0 Å². The first-order valence-electron chi connectivity index (χ1n) is 6.65. The number of likely N-dealkylation sites (tertiary alicyclic amines) is 1. The van der Waals surface area contributed by atoms with Crippen LogP contribution in [-0.4, -0.2) is 41.1 Å². The van der Waals surface area contributed by atoms with Crippen LogP contribution in [0.2, 0.25) is 0 Å². The number of hydrogen-bond acceptors (Lipinski definition) is 4. The van der Waals surface area contributed by atoms with Crippen molar-refractivity contribution in [3.05, 3.63) is 24.0 Å². The highest BCUT2D eigenvalue weighted by Gasteiger charge is 2.30. The molecule has 1 aromatic rings. The molecule has 4 N–H and O–H groups in total. The van der Waals surface area contributed by atoms with Crippen molar-refractivity contribution in [1.29, 1.82) is 0 Å². The van der Waals surface area contributed by atoms with Gasteiger partial charge in [0.15, 0.2) is 0 Å². The number of aliphatic hydroxyl groups is 1. The third kappa shape index (κ3) is 3.91. The summed E-state index contributed by atoms with van der Waals surface area (Å²) in [6.07, 6.45) is 1.05. The van der Waals surface area contributed by atoms with Gasteiger partial charge in [0.1, 0.15) is 5.82 Å². The van der Waals surface area contributed by atoms with E-state index in [0.29, 0.717) is 25.2 Å². The van der Waals surface area contributed by atoms with Gasteiger partial charge in [0.25, 0.3) is 0 Å². The number of β-amino-alcohol motifs (C(OH)–C–C–N with tert-alkyl or cyclic N) is 1. The number of rotatable bonds is 4. The van der Waals surface area contributed by atoms with Gasteiger partial charge in [0.2, 0.25) is 5.91 Å². The zero-order valence-electron chi connectivity index (χ0n) is 11.5. The Morgan fingerprint density at radius 3 is 2.95 bits per heavy atom. The van der Waals surface area contributed by atoms with Gasteiger partial charge in [-0.05, 0) is 31.5 Å². The van der Waals surface area contributed by atoms with Gasteiger partial charge in [-0.25, -0.2) is 4.39 Å². The van der Waals surface area contributed by atoms with Crippen molar-refractivity contribution in [2.45, 2.75) is 25.4 Å². The Labute approximate surface area is 117 Å². The maximum atomic E-state index is 13.0. The van der Waals surface area contributed by atoms with Gasteiger partial charge in [0, 0.05) is 31.7 Å². The molecule has 1 fully saturated rings. The molecule has 0 bridgehead atoms. The van der Waals surface area contributed by atoms with Crippen molar-refractivity contribution in [3.63, 3.8) is 0 Å². The third-order valence-corrected chi connectivity index (χ3v) is 3.47. The highest BCUT2D eigenvalue weighted by Crippen LogP contribution is 2.20. The minimum absolute atomic E-state index is 0.0124. The Balaban J connectivity index is 1.79. The summed E-state index contributed by atoms with van der Waals surface area (Å²) in [5, 5.41) is 12.5. The van der Waals surface area contributed by atoms with Crippen molar-refractivity contribution in [1.82, 2.24) is 4.90 Å². The SMILES string of the molecule is CC1(O)CCN(CCC(=O)Nc2ccc(F)c(N)c2)C1. The van der Waals surface area contributed by atoms with Gasteiger partial charge in [0.05, 0.1) is 11.3 Å². The number of halogens is 1. The molecule has 1 atom stereocenters. The van der Waals surface area contributed by atoms with Crippen LogP contribution in [0.25, 0.3) is 0 Å². The molecule has 0 aromatic heterocycles. The summed E-state index contributed by atoms with van der Waals surface area (Å²) >= 11 is 0. The van der Waals surface area contributed by atoms with Crippen molar-refractivity contribution in [3.8, 4) is 0 Å². The predicted molar refractivity (Wildman–Crippen MR) is 75.7 cm³/mol. The number of amides is 1. The van der Waals surface area contributed by atoms with Crippen LogP contribution in [0.4, 0.5) is 15.8 Å². The van der Waals surface area contributed by atoms with Gasteiger partial charge >= 0.3 is 0 Å². The van der Waals surface area contributed by atoms with E-state index in [0.717, 1.165) is 13.0 Å². The molecule has 1 aromatic carbocycles. The summed E-state index contributed by atoms with van der Waals surface area (Å²) in [4.78, 5) is 13.8. The molecule has 110 valence electrons. The van der Waals surface area contributed by atoms with Crippen LogP contribution < -0.4 is 11.1 Å². The number of nitrogens with zero attached hydrogens (tertiary/aromatic N) is 1. The molecule has 20 heavy (non-hydrogen) atoms. The average Bonchev–Trinajstić information content (AvgIpc) is 2.71. The molecule has 1 amide bonds. The highest BCUT2D eigenvalue weighted by atomic mass is 19.1. The molecular formula is C14H20FN3O2. The van der Waals surface area contributed by atoms with Crippen LogP contribution in [0.1, 0.15) is 19.8 Å². The Morgan fingerprint density at radius 2 is 2.35 bits per heavy atom. The van der Waals surface area contributed by atoms with E-state index in [1.165, 1.54) is 18.2 Å². The van der Waals surface area contributed by atoms with Gasteiger partial charge in [-0.1, -0.05) is 0 Å². The molecule has 1 saturated heterocycles. The Hall–Kier alpha value is -1.66. The number of nitrogen functional groups attached to an aromatic ring is 1. The molecule has 1 heterocycles. The first-order valence-corrected chi connectivity index (χ1v) is 6.65. The molecule has 0 spiro atoms. The van der Waals surface area contributed by atoms with E-state index >= 15 is 0 Å². The minimum Gasteiger partial charge on any atom is -0.396 e. The zero-order chi connectivity index (χ0) is 14.8. The van der Waals surface area contributed by atoms with Crippen LogP contribution in [0.3, 0.4) is 0 Å². The molecule has 0 saturated carbocycles. The molecule has 1 aliphatic heterocycles. The number of benzene rings is 1. The zero-order valence-corrected chi connectivity index (χ0v) is 11.5. The smallest absolute Gasteiger partial charge is 0.225 e. The number of carbonyl (C=O) groups excluding carboxylic acids is 1. The summed E-state index contributed by atoms with van der Waals surface area (Å²) in [7, 11) is 0. The lowest BCUT2D eigenvalue weighted by Crippen LogP contribution is -2.31. The summed E-state index contributed by atoms with van der Waals surface area (Å²) in [5.74, 6) is -0.648. The highest BCUT2D eigenvalue weighted by molar-refractivity contribution is 5.91. The number of hydrogen-bond donors (Lipinski definition) is 3. The molecule has 5 nitrogen and oxygen atoms in total. The fourth-order valence-electron chi connectivity index (χ4n) is 2.33. The number of anilines is 2. The second-order valence-corrected chi connectivity index (χ2v) is 5.56. The summed E-state index contributed by atoms with van der Waals surface area (Å²) in [5.41, 5.74) is 5.29. The van der Waals surface area contributed by atoms with Crippen LogP contribution >= 0.6 is 0 Å². The summed E-state index contributed by atoms with van der Waals surface area (Å²) < 4.78 is 13.0. The second kappa shape index (κ2) is 5.76. The standard InChI is InChI=1S/C14H20FN3O2/c1-14(20)5-7-18(9-14)6-4-13(19)17-10-2-3-11(15)12(16)8-10/h2-3,8,20H,4-7,9,16H2,1H3,(H,17,19). The molecule has 1 unspecified atom stereocenters. The molecule has 1 aliphatic rings. The molecule has 6 heteroatoms. The van der Waals surface area contributed by atoms with Gasteiger partial charge < -0.3 is 16.2 Å². The third-order valence-electron chi connectivity index (χ3n) is 3.47. The maximum Gasteiger partial charge on any atom is 0.225 e. The predicted octanol–water partition coefficient (Wildman–Crippen LogP) is 1.19. The van der Waals surface area contributed by atoms with Crippen molar-refractivity contribution in [2.75, 3.05) is 30.7 Å². The maximum absolute atomic E-state index is 13.0. The fraction of sp³-hybridized carbons (Fsp3) is 0.500. The van der Waals surface area contributed by atoms with E-state index in [9.17, 15) is 14.3 Å². The largest absolute Gasteiger partial charge is 0.396 e. The lowest BCUT2D eigenvalue weighted by atomic mass is 10.1. The number of carbonyl (C=O) groups is 1. The normalized spacial score (nSPS) is 22.9. The number of nitrogens with two attached hydrogens (primary N) is 1. The first kappa shape index (κ1) is 14.7. The Kier molecular flexibility index (Phi) is 4.25. The number of nitrogens with one attached hydrogen (secondary N) is 1. The quantitative estimate of drug-likeness (QED) is 0.724. The van der Waals surface area contributed by atoms with Crippen LogP contribution in [0.15, 0.2) is 18.2 Å². The van der Waals surface area contributed by atoms with E-state index in [-0.39, 0.29) is 11.6 Å². The van der Waals surface area contributed by atoms with E-state index in [2.05, 4.69) is 10.2 Å². The Morgan fingerprint density at radius 1 is 1.60 bits per heavy atom. The van der Waals surface area contributed by atoms with Crippen molar-refractivity contribution in [2.24, 2.45) is 0 Å². The molecule has 2 rings (SSSR count). The van der Waals surface area contributed by atoms with Crippen LogP contribution in [-0.2, 0) is 4.79 Å². The monoisotopic (exact) mass is 281 g/mol. The lowest BCUT2D eigenvalue weighted by Gasteiger charge is -2.18. The first-order chi connectivity index (χ1) is 9.35. The van der Waals surface area contributed by atoms with Crippen LogP contribution in [0.5, 0.6) is 0 Å². The second-order valence-electron chi connectivity index (χ2n) is 5.56. The molecule has 0 aliphatic carbocycles. The van der Waals surface area contributed by atoms with E-state index in [1.807, 2.05) is 0 Å². The Bertz CT molecular complexity index is 505. The summed E-state index contributed by atoms with van der Waals surface area (Å²) in [6.45, 7) is 3.78. The van der Waals surface area contributed by atoms with Crippen molar-refractivity contribution >= 4 is 17.3 Å². The van der Waals surface area contributed by atoms with E-state index in [1.54, 1.807) is 6.92 Å². The molecular weight excluding hydrogens is 261 g/mol. The van der Waals surface area contributed by atoms with Crippen molar-refractivity contribution < 1.29 is 14.3 Å². The summed E-state index contributed by atoms with van der Waals surface area (Å²) in [6, 6.07) is 4.10.